The number of benzene rings is 2. The highest BCUT2D eigenvalue weighted by atomic mass is 19.1. The number of rotatable bonds is 7. The van der Waals surface area contributed by atoms with Crippen molar-refractivity contribution in [2.24, 2.45) is 11.7 Å². The van der Waals surface area contributed by atoms with Crippen LogP contribution in [0.3, 0.4) is 0 Å². The molecule has 3 amide bonds. The van der Waals surface area contributed by atoms with Crippen molar-refractivity contribution in [1.82, 2.24) is 10.2 Å². The Kier molecular flexibility index (Phi) is 8.27. The molecule has 1 heterocycles. The number of carbonyl (C=O) groups is 2. The second kappa shape index (κ2) is 11.1. The molecule has 0 bridgehead atoms. The van der Waals surface area contributed by atoms with E-state index in [1.165, 1.54) is 12.1 Å². The predicted octanol–water partition coefficient (Wildman–Crippen LogP) is 3.52. The number of likely N-dealkylation sites (tertiary alicyclic amines) is 1. The second-order valence-electron chi connectivity index (χ2n) is 8.66. The Morgan fingerprint density at radius 3 is 2.39 bits per heavy atom. The number of para-hydroxylation sites is 1. The molecule has 178 valence electrons. The molecule has 2 aromatic rings. The Hall–Kier alpha value is -3.13. The summed E-state index contributed by atoms with van der Waals surface area (Å²) in [6, 6.07) is 12.5. The first-order valence-electron chi connectivity index (χ1n) is 11.3. The number of nitrogens with two attached hydrogens (primary N) is 1. The summed E-state index contributed by atoms with van der Waals surface area (Å²) < 4.78 is 19.0. The number of piperidine rings is 1. The van der Waals surface area contributed by atoms with Crippen molar-refractivity contribution in [2.45, 2.75) is 45.4 Å². The minimum absolute atomic E-state index is 0.0408. The van der Waals surface area contributed by atoms with Crippen LogP contribution in [-0.2, 0) is 11.3 Å². The molecule has 0 aliphatic carbocycles. The fourth-order valence-electron chi connectivity index (χ4n) is 3.96. The molecule has 1 unspecified atom stereocenters. The van der Waals surface area contributed by atoms with E-state index in [-0.39, 0.29) is 29.8 Å². The van der Waals surface area contributed by atoms with Crippen molar-refractivity contribution in [1.29, 1.82) is 0 Å². The monoisotopic (exact) mass is 456 g/mol. The fraction of sp³-hybridized carbons (Fsp3) is 0.440. The zero-order chi connectivity index (χ0) is 24.0. The van der Waals surface area contributed by atoms with E-state index in [1.807, 2.05) is 38.1 Å². The molecule has 2 aromatic carbocycles. The summed E-state index contributed by atoms with van der Waals surface area (Å²) >= 11 is 0. The van der Waals surface area contributed by atoms with Crippen LogP contribution in [0.5, 0.6) is 5.75 Å². The van der Waals surface area contributed by atoms with Gasteiger partial charge in [0.15, 0.2) is 0 Å². The van der Waals surface area contributed by atoms with Gasteiger partial charge < -0.3 is 25.6 Å². The van der Waals surface area contributed by atoms with E-state index in [9.17, 15) is 14.0 Å². The van der Waals surface area contributed by atoms with E-state index in [4.69, 9.17) is 10.5 Å². The lowest BCUT2D eigenvalue weighted by Gasteiger charge is -2.34. The molecule has 0 spiro atoms. The molecule has 1 saturated heterocycles. The lowest BCUT2D eigenvalue weighted by atomic mass is 10.0. The molecule has 1 fully saturated rings. The van der Waals surface area contributed by atoms with E-state index >= 15 is 0 Å². The van der Waals surface area contributed by atoms with Crippen molar-refractivity contribution >= 4 is 17.6 Å². The van der Waals surface area contributed by atoms with Gasteiger partial charge in [0.2, 0.25) is 5.91 Å². The number of hydrogen-bond donors (Lipinski definition) is 2. The number of urea groups is 1. The topological polar surface area (TPSA) is 87.9 Å². The third-order valence-corrected chi connectivity index (χ3v) is 5.96. The van der Waals surface area contributed by atoms with Gasteiger partial charge >= 0.3 is 6.03 Å². The smallest absolute Gasteiger partial charge is 0.318 e. The maximum atomic E-state index is 13.3. The highest BCUT2D eigenvalue weighted by molar-refractivity contribution is 5.99. The molecule has 3 rings (SSSR count). The van der Waals surface area contributed by atoms with Crippen molar-refractivity contribution in [3.63, 3.8) is 0 Å². The Morgan fingerprint density at radius 2 is 1.79 bits per heavy atom. The van der Waals surface area contributed by atoms with Crippen LogP contribution in [0.4, 0.5) is 14.9 Å². The summed E-state index contributed by atoms with van der Waals surface area (Å²) in [4.78, 5) is 29.5. The Bertz CT molecular complexity index is 943. The van der Waals surface area contributed by atoms with E-state index in [0.29, 0.717) is 38.2 Å². The number of ether oxygens (including phenoxy) is 1. The molecule has 1 aliphatic heterocycles. The molecular weight excluding hydrogens is 423 g/mol. The van der Waals surface area contributed by atoms with Crippen molar-refractivity contribution in [3.05, 3.63) is 59.9 Å². The van der Waals surface area contributed by atoms with Gasteiger partial charge in [-0.1, -0.05) is 32.0 Å². The molecule has 33 heavy (non-hydrogen) atoms. The molecule has 3 N–H and O–H groups in total. The summed E-state index contributed by atoms with van der Waals surface area (Å²) in [6.07, 6.45) is 1.28. The molecule has 8 heteroatoms. The predicted molar refractivity (Wildman–Crippen MR) is 127 cm³/mol. The van der Waals surface area contributed by atoms with Crippen LogP contribution >= 0.6 is 0 Å². The largest absolute Gasteiger partial charge is 0.490 e. The van der Waals surface area contributed by atoms with Crippen LogP contribution in [0.1, 0.15) is 32.3 Å². The molecule has 1 aliphatic rings. The molecular formula is C25H33FN4O3. The van der Waals surface area contributed by atoms with Crippen LogP contribution in [0, 0.1) is 11.7 Å². The third kappa shape index (κ3) is 6.22. The Labute approximate surface area is 194 Å². The van der Waals surface area contributed by atoms with E-state index in [1.54, 1.807) is 29.0 Å². The first-order chi connectivity index (χ1) is 15.8. The number of hydrogen-bond acceptors (Lipinski definition) is 4. The van der Waals surface area contributed by atoms with Gasteiger partial charge in [0.25, 0.3) is 0 Å². The number of likely N-dealkylation sites (N-methyl/N-ethyl adjacent to an activating group) is 1. The summed E-state index contributed by atoms with van der Waals surface area (Å²) in [6.45, 7) is 5.18. The van der Waals surface area contributed by atoms with Gasteiger partial charge in [-0.3, -0.25) is 4.79 Å². The van der Waals surface area contributed by atoms with Crippen LogP contribution in [0.2, 0.25) is 0 Å². The van der Waals surface area contributed by atoms with Gasteiger partial charge in [-0.2, -0.15) is 0 Å². The zero-order valence-electron chi connectivity index (χ0n) is 19.5. The van der Waals surface area contributed by atoms with Crippen LogP contribution < -0.4 is 20.7 Å². The molecule has 1 atom stereocenters. The number of nitrogens with zero attached hydrogens (tertiary/aromatic N) is 2. The van der Waals surface area contributed by atoms with E-state index in [2.05, 4.69) is 5.32 Å². The lowest BCUT2D eigenvalue weighted by molar-refractivity contribution is -0.121. The maximum absolute atomic E-state index is 13.3. The Morgan fingerprint density at radius 1 is 1.15 bits per heavy atom. The fourth-order valence-corrected chi connectivity index (χ4v) is 3.96. The zero-order valence-corrected chi connectivity index (χ0v) is 19.5. The van der Waals surface area contributed by atoms with Gasteiger partial charge in [-0.15, -0.1) is 0 Å². The van der Waals surface area contributed by atoms with Crippen molar-refractivity contribution < 1.29 is 18.7 Å². The number of halogens is 1. The van der Waals surface area contributed by atoms with E-state index in [0.717, 1.165) is 11.3 Å². The third-order valence-electron chi connectivity index (χ3n) is 5.96. The highest BCUT2D eigenvalue weighted by Crippen LogP contribution is 2.22. The summed E-state index contributed by atoms with van der Waals surface area (Å²) in [5, 5.41) is 2.93. The minimum atomic E-state index is -0.665. The first-order valence-corrected chi connectivity index (χ1v) is 11.3. The lowest BCUT2D eigenvalue weighted by Crippen LogP contribution is -2.55. The quantitative estimate of drug-likeness (QED) is 0.667. The van der Waals surface area contributed by atoms with Crippen LogP contribution in [-0.4, -0.2) is 49.1 Å². The molecule has 0 aromatic heterocycles. The van der Waals surface area contributed by atoms with Gasteiger partial charge in [-0.25, -0.2) is 9.18 Å². The minimum Gasteiger partial charge on any atom is -0.490 e. The first kappa shape index (κ1) is 24.5. The van der Waals surface area contributed by atoms with Crippen molar-refractivity contribution in [3.8, 4) is 5.75 Å². The average molecular weight is 457 g/mol. The molecule has 7 nitrogen and oxygen atoms in total. The summed E-state index contributed by atoms with van der Waals surface area (Å²) in [5.74, 6) is 0.0351. The highest BCUT2D eigenvalue weighted by Gasteiger charge is 2.31. The molecule has 0 radical (unpaired) electrons. The summed E-state index contributed by atoms with van der Waals surface area (Å²) in [7, 11) is 1.71. The SMILES string of the molecule is CC(C)C(NC(=O)N1CCC(Oc2ccc(F)cc2)CC1)C(=O)N(C)c1ccccc1CN. The Balaban J connectivity index is 1.58. The normalized spacial score (nSPS) is 15.3. The van der Waals surface area contributed by atoms with E-state index < -0.39 is 6.04 Å². The van der Waals surface area contributed by atoms with Crippen LogP contribution in [0.25, 0.3) is 0 Å². The van der Waals surface area contributed by atoms with Gasteiger partial charge in [0.05, 0.1) is 0 Å². The number of carbonyl (C=O) groups excluding carboxylic acids is 2. The van der Waals surface area contributed by atoms with Crippen LogP contribution in [0.15, 0.2) is 48.5 Å². The molecule has 0 saturated carbocycles. The van der Waals surface area contributed by atoms with Gasteiger partial charge in [-0.05, 0) is 41.8 Å². The van der Waals surface area contributed by atoms with Gasteiger partial charge in [0, 0.05) is 45.2 Å². The maximum Gasteiger partial charge on any atom is 0.318 e. The number of anilines is 1. The number of amides is 3. The van der Waals surface area contributed by atoms with Gasteiger partial charge in [0.1, 0.15) is 23.7 Å². The number of nitrogens with one attached hydrogen (secondary N) is 1. The summed E-state index contributed by atoms with van der Waals surface area (Å²) in [5.41, 5.74) is 7.43. The van der Waals surface area contributed by atoms with Crippen molar-refractivity contribution in [2.75, 3.05) is 25.0 Å². The second-order valence-corrected chi connectivity index (χ2v) is 8.66. The average Bonchev–Trinajstić information content (AvgIpc) is 2.83. The standard InChI is InChI=1S/C25H33FN4O3/c1-17(2)23(24(31)29(3)22-7-5-4-6-18(22)16-27)28-25(32)30-14-12-21(13-15-30)33-20-10-8-19(26)9-11-20/h4-11,17,21,23H,12-16,27H2,1-3H3,(H,28,32).